The van der Waals surface area contributed by atoms with E-state index in [0.717, 1.165) is 5.56 Å². The van der Waals surface area contributed by atoms with Crippen LogP contribution in [0.4, 0.5) is 0 Å². The number of piperazine rings is 1. The number of hydrogen-bond acceptors (Lipinski definition) is 11. The molecule has 260 valence electrons. The van der Waals surface area contributed by atoms with E-state index in [-0.39, 0.29) is 42.9 Å². The van der Waals surface area contributed by atoms with Gasteiger partial charge in [-0.15, -0.1) is 0 Å². The monoisotopic (exact) mass is 668 g/mol. The fourth-order valence-electron chi connectivity index (χ4n) is 6.03. The Labute approximate surface area is 281 Å². The highest BCUT2D eigenvalue weighted by Crippen LogP contribution is 2.43. The van der Waals surface area contributed by atoms with E-state index in [1.165, 1.54) is 42.7 Å². The van der Waals surface area contributed by atoms with Crippen molar-refractivity contribution in [2.45, 2.75) is 18.9 Å². The second-order valence-electron chi connectivity index (χ2n) is 10.7. The number of nitrogens with zero attached hydrogens (tertiary/aromatic N) is 2. The van der Waals surface area contributed by atoms with Crippen molar-refractivity contribution < 1.29 is 52.2 Å². The number of methoxy groups -OCH3 is 9. The minimum absolute atomic E-state index is 0.252. The SMILES string of the molecule is COc1cc(CCC2CN(C(=O)c3ccc(OC)c(OC)c3OC)CCN2C(=O)c2ccc(OC)c(OC)c2OC)cc(OC)c1OC. The average molecular weight is 669 g/mol. The van der Waals surface area contributed by atoms with E-state index in [1.54, 1.807) is 55.4 Å². The number of carbonyl (C=O) groups excluding carboxylic acids is 2. The Balaban J connectivity index is 1.72. The maximum Gasteiger partial charge on any atom is 0.258 e. The van der Waals surface area contributed by atoms with Gasteiger partial charge >= 0.3 is 0 Å². The molecule has 0 spiro atoms. The Morgan fingerprint density at radius 1 is 0.562 bits per heavy atom. The van der Waals surface area contributed by atoms with Crippen LogP contribution in [0.5, 0.6) is 51.7 Å². The van der Waals surface area contributed by atoms with Gasteiger partial charge in [-0.2, -0.15) is 0 Å². The smallest absolute Gasteiger partial charge is 0.258 e. The van der Waals surface area contributed by atoms with E-state index in [2.05, 4.69) is 0 Å². The number of hydrogen-bond donors (Lipinski definition) is 0. The van der Waals surface area contributed by atoms with Crippen molar-refractivity contribution in [3.05, 3.63) is 53.1 Å². The first-order valence-electron chi connectivity index (χ1n) is 15.2. The molecule has 1 heterocycles. The lowest BCUT2D eigenvalue weighted by atomic mass is 9.99. The molecule has 1 fully saturated rings. The van der Waals surface area contributed by atoms with Gasteiger partial charge in [-0.25, -0.2) is 0 Å². The summed E-state index contributed by atoms with van der Waals surface area (Å²) in [6.07, 6.45) is 1.04. The van der Waals surface area contributed by atoms with Crippen LogP contribution in [0.3, 0.4) is 0 Å². The van der Waals surface area contributed by atoms with Crippen LogP contribution in [-0.4, -0.2) is 111 Å². The maximum absolute atomic E-state index is 14.3. The number of rotatable bonds is 14. The van der Waals surface area contributed by atoms with Gasteiger partial charge in [0.05, 0.1) is 81.2 Å². The third kappa shape index (κ3) is 6.90. The molecule has 3 aromatic rings. The molecule has 0 aromatic heterocycles. The van der Waals surface area contributed by atoms with E-state index < -0.39 is 6.04 Å². The third-order valence-corrected chi connectivity index (χ3v) is 8.39. The molecular formula is C35H44N2O11. The number of benzene rings is 3. The van der Waals surface area contributed by atoms with E-state index in [9.17, 15) is 9.59 Å². The standard InChI is InChI=1S/C35H44N2O11/c1-40-25-14-12-23(29(44-5)32(25)47-8)34(38)36-16-17-37(35(39)24-13-15-26(41-2)33(48-9)30(24)45-6)22(20-36)11-10-21-18-27(42-3)31(46-7)28(19-21)43-4/h12-15,18-19,22H,10-11,16-17,20H2,1-9H3. The van der Waals surface area contributed by atoms with Crippen LogP contribution < -0.4 is 42.6 Å². The lowest BCUT2D eigenvalue weighted by molar-refractivity contribution is 0.0368. The summed E-state index contributed by atoms with van der Waals surface area (Å²) in [6, 6.07) is 10.0. The van der Waals surface area contributed by atoms with E-state index >= 15 is 0 Å². The summed E-state index contributed by atoms with van der Waals surface area (Å²) in [5, 5.41) is 0. The van der Waals surface area contributed by atoms with E-state index in [0.29, 0.717) is 64.2 Å². The number of ether oxygens (including phenoxy) is 9. The molecule has 4 rings (SSSR count). The molecule has 1 unspecified atom stereocenters. The predicted octanol–water partition coefficient (Wildman–Crippen LogP) is 4.36. The van der Waals surface area contributed by atoms with Gasteiger partial charge in [0, 0.05) is 19.6 Å². The Morgan fingerprint density at radius 3 is 1.46 bits per heavy atom. The van der Waals surface area contributed by atoms with Gasteiger partial charge in [0.2, 0.25) is 17.2 Å². The summed E-state index contributed by atoms with van der Waals surface area (Å²) in [6.45, 7) is 0.790. The minimum atomic E-state index is -0.391. The predicted molar refractivity (Wildman–Crippen MR) is 177 cm³/mol. The number of carbonyl (C=O) groups is 2. The van der Waals surface area contributed by atoms with Crippen LogP contribution in [-0.2, 0) is 6.42 Å². The Morgan fingerprint density at radius 2 is 1.02 bits per heavy atom. The minimum Gasteiger partial charge on any atom is -0.493 e. The lowest BCUT2D eigenvalue weighted by Gasteiger charge is -2.42. The van der Waals surface area contributed by atoms with Gasteiger partial charge in [0.1, 0.15) is 0 Å². The molecule has 1 saturated heterocycles. The normalized spacial score (nSPS) is 14.1. The van der Waals surface area contributed by atoms with Crippen molar-refractivity contribution in [3.8, 4) is 51.7 Å². The first kappa shape index (κ1) is 35.7. The zero-order chi connectivity index (χ0) is 35.0. The summed E-state index contributed by atoms with van der Waals surface area (Å²) in [5.74, 6) is 3.04. The van der Waals surface area contributed by atoms with Crippen LogP contribution in [0.1, 0.15) is 32.7 Å². The molecule has 1 aliphatic heterocycles. The van der Waals surface area contributed by atoms with Crippen molar-refractivity contribution in [2.75, 3.05) is 83.6 Å². The molecular weight excluding hydrogens is 624 g/mol. The molecule has 1 atom stereocenters. The van der Waals surface area contributed by atoms with Crippen molar-refractivity contribution in [2.24, 2.45) is 0 Å². The maximum atomic E-state index is 14.3. The summed E-state index contributed by atoms with van der Waals surface area (Å²) in [7, 11) is 13.6. The summed E-state index contributed by atoms with van der Waals surface area (Å²) < 4.78 is 49.8. The van der Waals surface area contributed by atoms with Crippen molar-refractivity contribution in [1.29, 1.82) is 0 Å². The third-order valence-electron chi connectivity index (χ3n) is 8.39. The molecule has 2 amide bonds. The van der Waals surface area contributed by atoms with Crippen LogP contribution in [0.25, 0.3) is 0 Å². The topological polar surface area (TPSA) is 124 Å². The van der Waals surface area contributed by atoms with E-state index in [1.807, 2.05) is 12.1 Å². The Bertz CT molecular complexity index is 1580. The summed E-state index contributed by atoms with van der Waals surface area (Å²) in [4.78, 5) is 31.8. The van der Waals surface area contributed by atoms with Gasteiger partial charge in [0.25, 0.3) is 11.8 Å². The molecule has 0 aliphatic carbocycles. The van der Waals surface area contributed by atoms with Gasteiger partial charge in [0.15, 0.2) is 34.5 Å². The number of amides is 2. The first-order valence-corrected chi connectivity index (χ1v) is 15.2. The fourth-order valence-corrected chi connectivity index (χ4v) is 6.03. The lowest BCUT2D eigenvalue weighted by Crippen LogP contribution is -2.56. The van der Waals surface area contributed by atoms with Crippen molar-refractivity contribution in [1.82, 2.24) is 9.80 Å². The fraction of sp³-hybridized carbons (Fsp3) is 0.429. The van der Waals surface area contributed by atoms with Crippen molar-refractivity contribution >= 4 is 11.8 Å². The van der Waals surface area contributed by atoms with Gasteiger partial charge < -0.3 is 52.4 Å². The molecule has 48 heavy (non-hydrogen) atoms. The van der Waals surface area contributed by atoms with Gasteiger partial charge in [-0.1, -0.05) is 0 Å². The highest BCUT2D eigenvalue weighted by Gasteiger charge is 2.36. The molecule has 13 nitrogen and oxygen atoms in total. The van der Waals surface area contributed by atoms with Gasteiger partial charge in [-0.05, 0) is 54.8 Å². The second kappa shape index (κ2) is 16.1. The summed E-state index contributed by atoms with van der Waals surface area (Å²) >= 11 is 0. The van der Waals surface area contributed by atoms with E-state index in [4.69, 9.17) is 42.6 Å². The molecule has 3 aromatic carbocycles. The number of aryl methyl sites for hydroxylation is 1. The van der Waals surface area contributed by atoms with Crippen molar-refractivity contribution in [3.63, 3.8) is 0 Å². The van der Waals surface area contributed by atoms with Crippen LogP contribution >= 0.6 is 0 Å². The average Bonchev–Trinajstić information content (AvgIpc) is 3.14. The largest absolute Gasteiger partial charge is 0.493 e. The molecule has 0 N–H and O–H groups in total. The van der Waals surface area contributed by atoms with Crippen LogP contribution in [0.2, 0.25) is 0 Å². The highest BCUT2D eigenvalue weighted by atomic mass is 16.5. The Hall–Kier alpha value is -5.20. The molecule has 0 radical (unpaired) electrons. The summed E-state index contributed by atoms with van der Waals surface area (Å²) in [5.41, 5.74) is 1.54. The first-order chi connectivity index (χ1) is 23.2. The quantitative estimate of drug-likeness (QED) is 0.243. The molecule has 0 saturated carbocycles. The Kier molecular flexibility index (Phi) is 11.9. The van der Waals surface area contributed by atoms with Crippen LogP contribution in [0, 0.1) is 0 Å². The second-order valence-corrected chi connectivity index (χ2v) is 10.7. The van der Waals surface area contributed by atoms with Gasteiger partial charge in [-0.3, -0.25) is 9.59 Å². The highest BCUT2D eigenvalue weighted by molar-refractivity contribution is 6.00. The molecule has 13 heteroatoms. The zero-order valence-electron chi connectivity index (χ0n) is 29.0. The molecule has 0 bridgehead atoms. The van der Waals surface area contributed by atoms with Crippen LogP contribution in [0.15, 0.2) is 36.4 Å². The zero-order valence-corrected chi connectivity index (χ0v) is 29.0. The molecule has 1 aliphatic rings.